The van der Waals surface area contributed by atoms with Gasteiger partial charge in [-0.2, -0.15) is 0 Å². The van der Waals surface area contributed by atoms with Crippen LogP contribution in [0.5, 0.6) is 0 Å². The quantitative estimate of drug-likeness (QED) is 0.717. The molecule has 0 heterocycles. The lowest BCUT2D eigenvalue weighted by molar-refractivity contribution is -0.125. The molecule has 3 nitrogen and oxygen atoms in total. The van der Waals surface area contributed by atoms with Crippen LogP contribution in [0.4, 0.5) is 0 Å². The zero-order valence-electron chi connectivity index (χ0n) is 9.25. The summed E-state index contributed by atoms with van der Waals surface area (Å²) in [5.41, 5.74) is 5.64. The monoisotopic (exact) mass is 198 g/mol. The van der Waals surface area contributed by atoms with Gasteiger partial charge in [-0.25, -0.2) is 0 Å². The van der Waals surface area contributed by atoms with E-state index in [1.54, 1.807) is 0 Å². The van der Waals surface area contributed by atoms with Gasteiger partial charge in [-0.1, -0.05) is 20.3 Å². The first-order valence-corrected chi connectivity index (χ1v) is 5.64. The van der Waals surface area contributed by atoms with Crippen molar-refractivity contribution in [3.8, 4) is 0 Å². The predicted octanol–water partition coefficient (Wildman–Crippen LogP) is 1.28. The molecular formula is C11H22N2O. The predicted molar refractivity (Wildman–Crippen MR) is 57.8 cm³/mol. The van der Waals surface area contributed by atoms with E-state index in [-0.39, 0.29) is 11.8 Å². The summed E-state index contributed by atoms with van der Waals surface area (Å²) in [7, 11) is 0. The van der Waals surface area contributed by atoms with Crippen molar-refractivity contribution in [2.45, 2.75) is 45.6 Å². The number of rotatable bonds is 3. The van der Waals surface area contributed by atoms with Gasteiger partial charge < -0.3 is 11.1 Å². The van der Waals surface area contributed by atoms with Crippen LogP contribution in [0.15, 0.2) is 0 Å². The second-order valence-corrected chi connectivity index (χ2v) is 4.63. The molecule has 1 saturated carbocycles. The van der Waals surface area contributed by atoms with Crippen LogP contribution in [0.25, 0.3) is 0 Å². The molecule has 1 aliphatic carbocycles. The Hall–Kier alpha value is -0.570. The van der Waals surface area contributed by atoms with Crippen molar-refractivity contribution < 1.29 is 4.79 Å². The standard InChI is InChI=1S/C11H22N2O/c1-8(2)11(14)13-10-5-3-4-9(6-10)7-12/h8-10H,3-7,12H2,1-2H3,(H,13,14). The third-order valence-corrected chi connectivity index (χ3v) is 2.99. The van der Waals surface area contributed by atoms with Gasteiger partial charge in [-0.3, -0.25) is 4.79 Å². The van der Waals surface area contributed by atoms with E-state index in [4.69, 9.17) is 5.73 Å². The van der Waals surface area contributed by atoms with Gasteiger partial charge in [-0.05, 0) is 31.7 Å². The second kappa shape index (κ2) is 5.35. The van der Waals surface area contributed by atoms with Crippen LogP contribution >= 0.6 is 0 Å². The second-order valence-electron chi connectivity index (χ2n) is 4.63. The summed E-state index contributed by atoms with van der Waals surface area (Å²) in [4.78, 5) is 11.5. The van der Waals surface area contributed by atoms with Crippen molar-refractivity contribution in [3.05, 3.63) is 0 Å². The van der Waals surface area contributed by atoms with Gasteiger partial charge in [0.25, 0.3) is 0 Å². The average molecular weight is 198 g/mol. The fourth-order valence-corrected chi connectivity index (χ4v) is 2.00. The molecule has 0 aliphatic heterocycles. The maximum absolute atomic E-state index is 11.5. The van der Waals surface area contributed by atoms with E-state index in [0.717, 1.165) is 19.4 Å². The van der Waals surface area contributed by atoms with Gasteiger partial charge in [0, 0.05) is 12.0 Å². The first-order chi connectivity index (χ1) is 6.63. The number of hydrogen-bond donors (Lipinski definition) is 2. The minimum absolute atomic E-state index is 0.0910. The normalized spacial score (nSPS) is 27.7. The molecule has 0 radical (unpaired) electrons. The average Bonchev–Trinajstić information content (AvgIpc) is 2.18. The summed E-state index contributed by atoms with van der Waals surface area (Å²) in [6, 6.07) is 0.368. The van der Waals surface area contributed by atoms with Crippen molar-refractivity contribution in [1.29, 1.82) is 0 Å². The Kier molecular flexibility index (Phi) is 4.39. The molecule has 82 valence electrons. The largest absolute Gasteiger partial charge is 0.353 e. The zero-order valence-corrected chi connectivity index (χ0v) is 9.25. The maximum atomic E-state index is 11.5. The Labute approximate surface area is 86.4 Å². The Bertz CT molecular complexity index is 192. The minimum atomic E-state index is 0.0910. The molecule has 2 unspecified atom stereocenters. The van der Waals surface area contributed by atoms with Crippen LogP contribution in [-0.4, -0.2) is 18.5 Å². The van der Waals surface area contributed by atoms with Gasteiger partial charge in [-0.15, -0.1) is 0 Å². The van der Waals surface area contributed by atoms with Crippen LogP contribution < -0.4 is 11.1 Å². The van der Waals surface area contributed by atoms with E-state index >= 15 is 0 Å². The number of hydrogen-bond acceptors (Lipinski definition) is 2. The first kappa shape index (κ1) is 11.5. The SMILES string of the molecule is CC(C)C(=O)NC1CCCC(CN)C1. The molecule has 0 aromatic heterocycles. The highest BCUT2D eigenvalue weighted by Gasteiger charge is 2.22. The Morgan fingerprint density at radius 3 is 2.79 bits per heavy atom. The van der Waals surface area contributed by atoms with Crippen LogP contribution in [0, 0.1) is 11.8 Å². The summed E-state index contributed by atoms with van der Waals surface area (Å²) in [6.45, 7) is 4.62. The molecule has 3 N–H and O–H groups in total. The molecule has 0 spiro atoms. The van der Waals surface area contributed by atoms with Crippen molar-refractivity contribution in [3.63, 3.8) is 0 Å². The number of nitrogens with two attached hydrogens (primary N) is 1. The lowest BCUT2D eigenvalue weighted by Crippen LogP contribution is -2.41. The summed E-state index contributed by atoms with van der Waals surface area (Å²) in [5, 5.41) is 3.09. The highest BCUT2D eigenvalue weighted by atomic mass is 16.1. The van der Waals surface area contributed by atoms with Crippen LogP contribution in [-0.2, 0) is 4.79 Å². The maximum Gasteiger partial charge on any atom is 0.222 e. The molecular weight excluding hydrogens is 176 g/mol. The lowest BCUT2D eigenvalue weighted by Gasteiger charge is -2.29. The first-order valence-electron chi connectivity index (χ1n) is 5.64. The number of nitrogens with one attached hydrogen (secondary N) is 1. The number of carbonyl (C=O) groups excluding carboxylic acids is 1. The van der Waals surface area contributed by atoms with Crippen LogP contribution in [0.2, 0.25) is 0 Å². The molecule has 14 heavy (non-hydrogen) atoms. The van der Waals surface area contributed by atoms with E-state index < -0.39 is 0 Å². The fraction of sp³-hybridized carbons (Fsp3) is 0.909. The van der Waals surface area contributed by atoms with Crippen LogP contribution in [0.3, 0.4) is 0 Å². The molecule has 0 saturated heterocycles. The zero-order chi connectivity index (χ0) is 10.6. The molecule has 1 aliphatic rings. The van der Waals surface area contributed by atoms with Crippen molar-refractivity contribution >= 4 is 5.91 Å². The van der Waals surface area contributed by atoms with E-state index in [2.05, 4.69) is 5.32 Å². The topological polar surface area (TPSA) is 55.1 Å². The minimum Gasteiger partial charge on any atom is -0.353 e. The summed E-state index contributed by atoms with van der Waals surface area (Å²) in [6.07, 6.45) is 4.61. The van der Waals surface area contributed by atoms with Crippen molar-refractivity contribution in [1.82, 2.24) is 5.32 Å². The molecule has 0 aromatic carbocycles. The van der Waals surface area contributed by atoms with E-state index in [9.17, 15) is 4.79 Å². The van der Waals surface area contributed by atoms with Gasteiger partial charge in [0.1, 0.15) is 0 Å². The molecule has 1 rings (SSSR count). The Morgan fingerprint density at radius 1 is 1.50 bits per heavy atom. The molecule has 0 aromatic rings. The molecule has 1 fully saturated rings. The van der Waals surface area contributed by atoms with E-state index in [1.807, 2.05) is 13.8 Å². The third kappa shape index (κ3) is 3.29. The van der Waals surface area contributed by atoms with E-state index in [1.165, 1.54) is 12.8 Å². The Morgan fingerprint density at radius 2 is 2.21 bits per heavy atom. The van der Waals surface area contributed by atoms with Gasteiger partial charge in [0.15, 0.2) is 0 Å². The van der Waals surface area contributed by atoms with Gasteiger partial charge in [0.05, 0.1) is 0 Å². The fourth-order valence-electron chi connectivity index (χ4n) is 2.00. The van der Waals surface area contributed by atoms with Gasteiger partial charge >= 0.3 is 0 Å². The smallest absolute Gasteiger partial charge is 0.222 e. The van der Waals surface area contributed by atoms with Crippen molar-refractivity contribution in [2.24, 2.45) is 17.6 Å². The van der Waals surface area contributed by atoms with E-state index in [0.29, 0.717) is 12.0 Å². The summed E-state index contributed by atoms with van der Waals surface area (Å²) < 4.78 is 0. The molecule has 3 heteroatoms. The molecule has 2 atom stereocenters. The Balaban J connectivity index is 2.34. The molecule has 0 bridgehead atoms. The van der Waals surface area contributed by atoms with Gasteiger partial charge in [0.2, 0.25) is 5.91 Å². The summed E-state index contributed by atoms with van der Waals surface area (Å²) >= 11 is 0. The lowest BCUT2D eigenvalue weighted by atomic mass is 9.85. The van der Waals surface area contributed by atoms with Crippen LogP contribution in [0.1, 0.15) is 39.5 Å². The summed E-state index contributed by atoms with van der Waals surface area (Å²) in [5.74, 6) is 0.877. The third-order valence-electron chi connectivity index (χ3n) is 2.99. The number of carbonyl (C=O) groups is 1. The highest BCUT2D eigenvalue weighted by molar-refractivity contribution is 5.78. The highest BCUT2D eigenvalue weighted by Crippen LogP contribution is 2.23. The molecule has 1 amide bonds. The van der Waals surface area contributed by atoms with Crippen molar-refractivity contribution in [2.75, 3.05) is 6.54 Å². The number of amides is 1.